The second-order valence-corrected chi connectivity index (χ2v) is 2.52. The highest BCUT2D eigenvalue weighted by molar-refractivity contribution is 4.73. The minimum atomic E-state index is -0.132. The molecule has 1 aliphatic carbocycles. The predicted octanol–water partition coefficient (Wildman–Crippen LogP) is 0.140. The van der Waals surface area contributed by atoms with Crippen molar-refractivity contribution in [3.05, 3.63) is 0 Å². The van der Waals surface area contributed by atoms with E-state index in [1.807, 2.05) is 0 Å². The Balaban J connectivity index is 2.22. The summed E-state index contributed by atoms with van der Waals surface area (Å²) < 4.78 is 0. The number of aliphatic hydroxyl groups is 2. The van der Waals surface area contributed by atoms with Gasteiger partial charge in [-0.3, -0.25) is 0 Å². The summed E-state index contributed by atoms with van der Waals surface area (Å²) >= 11 is 0. The molecule has 0 aromatic rings. The van der Waals surface area contributed by atoms with E-state index in [1.165, 1.54) is 0 Å². The molecule has 2 atom stereocenters. The van der Waals surface area contributed by atoms with Crippen molar-refractivity contribution >= 4 is 0 Å². The molecule has 0 aromatic heterocycles. The molecule has 1 fully saturated rings. The van der Waals surface area contributed by atoms with Gasteiger partial charge in [0.25, 0.3) is 0 Å². The van der Waals surface area contributed by atoms with Gasteiger partial charge in [0.2, 0.25) is 0 Å². The van der Waals surface area contributed by atoms with Crippen LogP contribution in [0, 0.1) is 5.92 Å². The van der Waals surface area contributed by atoms with Gasteiger partial charge in [-0.1, -0.05) is 0 Å². The van der Waals surface area contributed by atoms with Crippen LogP contribution < -0.4 is 0 Å². The minimum Gasteiger partial charge on any atom is -0.396 e. The Hall–Kier alpha value is -0.0800. The predicted molar refractivity (Wildman–Crippen MR) is 30.4 cm³/mol. The van der Waals surface area contributed by atoms with Crippen LogP contribution in [0.4, 0.5) is 0 Å². The van der Waals surface area contributed by atoms with Crippen LogP contribution in [0.5, 0.6) is 0 Å². The van der Waals surface area contributed by atoms with E-state index in [0.29, 0.717) is 5.92 Å². The smallest absolute Gasteiger partial charge is 0.0543 e. The lowest BCUT2D eigenvalue weighted by atomic mass is 10.1. The molecule has 1 aliphatic rings. The third kappa shape index (κ3) is 1.20. The van der Waals surface area contributed by atoms with Crippen LogP contribution in [0.15, 0.2) is 0 Å². The Morgan fingerprint density at radius 3 is 2.38 bits per heavy atom. The van der Waals surface area contributed by atoms with Crippen molar-refractivity contribution in [1.29, 1.82) is 0 Å². The van der Waals surface area contributed by atoms with Crippen LogP contribution >= 0.6 is 0 Å². The summed E-state index contributed by atoms with van der Waals surface area (Å²) in [5.74, 6) is 0.380. The van der Waals surface area contributed by atoms with E-state index < -0.39 is 0 Å². The number of hydrogen-bond acceptors (Lipinski definition) is 2. The monoisotopic (exact) mass is 116 g/mol. The Morgan fingerprint density at radius 1 is 1.38 bits per heavy atom. The zero-order valence-corrected chi connectivity index (χ0v) is 4.88. The molecule has 0 bridgehead atoms. The van der Waals surface area contributed by atoms with E-state index in [4.69, 9.17) is 10.2 Å². The van der Waals surface area contributed by atoms with Crippen LogP contribution in [0.1, 0.15) is 19.3 Å². The summed E-state index contributed by atoms with van der Waals surface area (Å²) in [6, 6.07) is 0. The van der Waals surface area contributed by atoms with Crippen LogP contribution in [-0.4, -0.2) is 22.9 Å². The molecule has 0 heterocycles. The lowest BCUT2D eigenvalue weighted by Gasteiger charge is -2.00. The van der Waals surface area contributed by atoms with Crippen molar-refractivity contribution in [2.75, 3.05) is 6.61 Å². The zero-order chi connectivity index (χ0) is 5.98. The van der Waals surface area contributed by atoms with Crippen LogP contribution in [0.25, 0.3) is 0 Å². The SMILES string of the molecule is OCC1CCC(O)C1. The molecule has 8 heavy (non-hydrogen) atoms. The summed E-state index contributed by atoms with van der Waals surface area (Å²) in [6.45, 7) is 0.247. The summed E-state index contributed by atoms with van der Waals surface area (Å²) in [6.07, 6.45) is 2.55. The first-order chi connectivity index (χ1) is 3.83. The summed E-state index contributed by atoms with van der Waals surface area (Å²) in [5.41, 5.74) is 0. The fraction of sp³-hybridized carbons (Fsp3) is 1.00. The minimum absolute atomic E-state index is 0.132. The van der Waals surface area contributed by atoms with Gasteiger partial charge in [0.1, 0.15) is 0 Å². The third-order valence-corrected chi connectivity index (χ3v) is 1.77. The van der Waals surface area contributed by atoms with Crippen molar-refractivity contribution in [1.82, 2.24) is 0 Å². The number of aliphatic hydroxyl groups excluding tert-OH is 2. The van der Waals surface area contributed by atoms with Gasteiger partial charge in [-0.2, -0.15) is 0 Å². The molecular formula is C6H12O2. The molecule has 0 saturated heterocycles. The maximum Gasteiger partial charge on any atom is 0.0543 e. The normalized spacial score (nSPS) is 38.2. The van der Waals surface area contributed by atoms with E-state index in [-0.39, 0.29) is 12.7 Å². The van der Waals surface area contributed by atoms with Crippen LogP contribution in [0.2, 0.25) is 0 Å². The second-order valence-electron chi connectivity index (χ2n) is 2.52. The van der Waals surface area contributed by atoms with Gasteiger partial charge in [0.15, 0.2) is 0 Å². The Labute approximate surface area is 49.1 Å². The van der Waals surface area contributed by atoms with Gasteiger partial charge in [-0.05, 0) is 25.2 Å². The Bertz CT molecular complexity index is 72.9. The van der Waals surface area contributed by atoms with Gasteiger partial charge in [-0.25, -0.2) is 0 Å². The molecule has 1 saturated carbocycles. The molecule has 1 rings (SSSR count). The van der Waals surface area contributed by atoms with E-state index in [2.05, 4.69) is 0 Å². The molecule has 2 nitrogen and oxygen atoms in total. The average molecular weight is 116 g/mol. The van der Waals surface area contributed by atoms with Crippen molar-refractivity contribution in [2.24, 2.45) is 5.92 Å². The van der Waals surface area contributed by atoms with Crippen LogP contribution in [0.3, 0.4) is 0 Å². The first kappa shape index (κ1) is 6.05. The first-order valence-electron chi connectivity index (χ1n) is 3.12. The Kier molecular flexibility index (Phi) is 1.86. The largest absolute Gasteiger partial charge is 0.396 e. The highest BCUT2D eigenvalue weighted by atomic mass is 16.3. The van der Waals surface area contributed by atoms with E-state index in [9.17, 15) is 0 Å². The van der Waals surface area contributed by atoms with E-state index in [0.717, 1.165) is 19.3 Å². The molecule has 48 valence electrons. The highest BCUT2D eigenvalue weighted by Crippen LogP contribution is 2.24. The van der Waals surface area contributed by atoms with E-state index >= 15 is 0 Å². The first-order valence-corrected chi connectivity index (χ1v) is 3.12. The molecule has 0 amide bonds. The molecule has 2 N–H and O–H groups in total. The van der Waals surface area contributed by atoms with Gasteiger partial charge in [-0.15, -0.1) is 0 Å². The molecule has 0 aromatic carbocycles. The molecule has 0 spiro atoms. The lowest BCUT2D eigenvalue weighted by molar-refractivity contribution is 0.163. The quantitative estimate of drug-likeness (QED) is 0.511. The number of rotatable bonds is 1. The van der Waals surface area contributed by atoms with Gasteiger partial charge in [0.05, 0.1) is 6.10 Å². The van der Waals surface area contributed by atoms with Crippen molar-refractivity contribution in [2.45, 2.75) is 25.4 Å². The number of hydrogen-bond donors (Lipinski definition) is 2. The average Bonchev–Trinajstić information content (AvgIpc) is 2.14. The maximum atomic E-state index is 8.92. The molecule has 2 heteroatoms. The molecule has 0 aliphatic heterocycles. The highest BCUT2D eigenvalue weighted by Gasteiger charge is 2.21. The molecule has 0 radical (unpaired) electrons. The van der Waals surface area contributed by atoms with Crippen molar-refractivity contribution in [3.63, 3.8) is 0 Å². The summed E-state index contributed by atoms with van der Waals surface area (Å²) in [5, 5.41) is 17.5. The fourth-order valence-corrected chi connectivity index (χ4v) is 1.21. The zero-order valence-electron chi connectivity index (χ0n) is 4.88. The molecule has 2 unspecified atom stereocenters. The molecular weight excluding hydrogens is 104 g/mol. The fourth-order valence-electron chi connectivity index (χ4n) is 1.21. The Morgan fingerprint density at radius 2 is 2.12 bits per heavy atom. The second kappa shape index (κ2) is 2.46. The maximum absolute atomic E-state index is 8.92. The van der Waals surface area contributed by atoms with Gasteiger partial charge >= 0.3 is 0 Å². The summed E-state index contributed by atoms with van der Waals surface area (Å²) in [7, 11) is 0. The third-order valence-electron chi connectivity index (χ3n) is 1.77. The summed E-state index contributed by atoms with van der Waals surface area (Å²) in [4.78, 5) is 0. The lowest BCUT2D eigenvalue weighted by Crippen LogP contribution is -2.03. The standard InChI is InChI=1S/C6H12O2/c7-4-5-1-2-6(8)3-5/h5-8H,1-4H2. The van der Waals surface area contributed by atoms with Crippen LogP contribution in [-0.2, 0) is 0 Å². The van der Waals surface area contributed by atoms with Gasteiger partial charge < -0.3 is 10.2 Å². The van der Waals surface area contributed by atoms with Crippen molar-refractivity contribution < 1.29 is 10.2 Å². The van der Waals surface area contributed by atoms with Crippen molar-refractivity contribution in [3.8, 4) is 0 Å². The topological polar surface area (TPSA) is 40.5 Å². The van der Waals surface area contributed by atoms with E-state index in [1.54, 1.807) is 0 Å². The van der Waals surface area contributed by atoms with Gasteiger partial charge in [0, 0.05) is 6.61 Å².